The summed E-state index contributed by atoms with van der Waals surface area (Å²) in [6.45, 7) is 8.34. The molecular formula is C26H38N2O2. The van der Waals surface area contributed by atoms with Gasteiger partial charge in [0.25, 0.3) is 0 Å². The molecule has 1 saturated heterocycles. The van der Waals surface area contributed by atoms with Crippen molar-refractivity contribution >= 4 is 5.91 Å². The molecule has 4 aliphatic rings. The normalized spacial score (nSPS) is 26.0. The summed E-state index contributed by atoms with van der Waals surface area (Å²) < 4.78 is 5.88. The van der Waals surface area contributed by atoms with Crippen LogP contribution in [-0.2, 0) is 4.79 Å². The Bertz CT molecular complexity index is 798. The zero-order valence-electron chi connectivity index (χ0n) is 19.0. The standard InChI is InChI=1S/C26H38N2O2/c1-26(2,3)25(29)27-22-12-10-19(11-13-22)14-16-28-15-5-4-8-23(28)21-17-20-7-6-9-24(20)30-18-21/h6-7,9,17-19,22-23H,4-5,8,10-16H2,1-3H3,(H,27,29). The van der Waals surface area contributed by atoms with Gasteiger partial charge in [0.1, 0.15) is 5.76 Å². The summed E-state index contributed by atoms with van der Waals surface area (Å²) >= 11 is 0. The lowest BCUT2D eigenvalue weighted by Crippen LogP contribution is -2.43. The number of nitrogens with one attached hydrogen (secondary N) is 1. The van der Waals surface area contributed by atoms with E-state index in [0.717, 1.165) is 24.5 Å². The molecule has 0 aromatic rings. The summed E-state index contributed by atoms with van der Waals surface area (Å²) in [6.07, 6.45) is 11.8. The molecule has 4 nitrogen and oxygen atoms in total. The van der Waals surface area contributed by atoms with E-state index < -0.39 is 0 Å². The minimum atomic E-state index is -0.294. The number of hydrogen-bond donors (Lipinski definition) is 1. The number of piperidine rings is 1. The zero-order valence-corrected chi connectivity index (χ0v) is 19.0. The first kappa shape index (κ1) is 21.4. The van der Waals surface area contributed by atoms with Crippen LogP contribution in [0, 0.1) is 11.3 Å². The quantitative estimate of drug-likeness (QED) is 0.655. The van der Waals surface area contributed by atoms with E-state index in [1.165, 1.54) is 62.7 Å². The van der Waals surface area contributed by atoms with E-state index in [1.807, 2.05) is 33.1 Å². The number of rotatable bonds is 5. The number of carbonyl (C=O) groups excluding carboxylic acids is 1. The molecule has 2 aliphatic carbocycles. The lowest BCUT2D eigenvalue weighted by molar-refractivity contribution is -0.129. The number of nitrogens with zero attached hydrogens (tertiary/aromatic N) is 1. The van der Waals surface area contributed by atoms with Crippen LogP contribution in [0.1, 0.15) is 83.7 Å². The van der Waals surface area contributed by atoms with Crippen LogP contribution >= 0.6 is 0 Å². The minimum Gasteiger partial charge on any atom is -0.464 e. The van der Waals surface area contributed by atoms with Gasteiger partial charge in [-0.15, -0.1) is 0 Å². The fraction of sp³-hybridized carbons (Fsp3) is 0.654. The average molecular weight is 411 g/mol. The van der Waals surface area contributed by atoms with E-state index in [9.17, 15) is 4.79 Å². The summed E-state index contributed by atoms with van der Waals surface area (Å²) in [5.74, 6) is 1.96. The van der Waals surface area contributed by atoms with Crippen molar-refractivity contribution in [2.75, 3.05) is 13.1 Å². The molecule has 30 heavy (non-hydrogen) atoms. The maximum atomic E-state index is 12.3. The molecule has 4 rings (SSSR count). The molecule has 2 heterocycles. The van der Waals surface area contributed by atoms with Crippen molar-refractivity contribution in [2.24, 2.45) is 11.3 Å². The molecule has 0 aromatic heterocycles. The fourth-order valence-electron chi connectivity index (χ4n) is 5.15. The number of fused-ring (bicyclic) bond motifs is 1. The van der Waals surface area contributed by atoms with Crippen LogP contribution in [0.25, 0.3) is 11.3 Å². The van der Waals surface area contributed by atoms with Crippen molar-refractivity contribution in [3.63, 3.8) is 0 Å². The Morgan fingerprint density at radius 2 is 1.93 bits per heavy atom. The third-order valence-corrected chi connectivity index (χ3v) is 7.14. The molecule has 0 spiro atoms. The highest BCUT2D eigenvalue weighted by Gasteiger charge is 2.29. The smallest absolute Gasteiger partial charge is 0.225 e. The van der Waals surface area contributed by atoms with E-state index in [0.29, 0.717) is 12.1 Å². The molecular weight excluding hydrogens is 372 g/mol. The predicted octanol–water partition coefficient (Wildman–Crippen LogP) is 6.02. The summed E-state index contributed by atoms with van der Waals surface area (Å²) in [6, 6.07) is 9.43. The first-order chi connectivity index (χ1) is 14.4. The topological polar surface area (TPSA) is 45.5 Å². The Balaban J connectivity index is 1.29. The van der Waals surface area contributed by atoms with Gasteiger partial charge in [-0.3, -0.25) is 9.69 Å². The Hall–Kier alpha value is -1.81. The first-order valence-electron chi connectivity index (χ1n) is 11.9. The highest BCUT2D eigenvalue weighted by molar-refractivity contribution is 5.81. The Morgan fingerprint density at radius 1 is 1.13 bits per heavy atom. The molecule has 0 bridgehead atoms. The molecule has 1 amide bonds. The second-order valence-corrected chi connectivity index (χ2v) is 10.5. The SMILES string of the molecule is CC(C)(C)C(=O)NC1CCC(CCN2CCCCC2c2coc3cccc-3c2)CC1. The van der Waals surface area contributed by atoms with Crippen molar-refractivity contribution in [2.45, 2.75) is 84.2 Å². The number of hydrogen-bond acceptors (Lipinski definition) is 3. The van der Waals surface area contributed by atoms with E-state index in [4.69, 9.17) is 4.42 Å². The van der Waals surface area contributed by atoms with E-state index in [1.54, 1.807) is 0 Å². The summed E-state index contributed by atoms with van der Waals surface area (Å²) in [5, 5.41) is 3.27. The third-order valence-electron chi connectivity index (χ3n) is 7.14. The summed E-state index contributed by atoms with van der Waals surface area (Å²) in [4.78, 5) is 14.9. The van der Waals surface area contributed by atoms with Crippen LogP contribution in [0.4, 0.5) is 0 Å². The molecule has 1 unspecified atom stereocenters. The maximum Gasteiger partial charge on any atom is 0.225 e. The van der Waals surface area contributed by atoms with Crippen molar-refractivity contribution in [1.82, 2.24) is 10.2 Å². The molecule has 0 aromatic carbocycles. The summed E-state index contributed by atoms with van der Waals surface area (Å²) in [5.41, 5.74) is 2.26. The lowest BCUT2D eigenvalue weighted by atomic mass is 9.83. The van der Waals surface area contributed by atoms with Gasteiger partial charge in [0, 0.05) is 28.6 Å². The Labute approximate surface area is 181 Å². The zero-order chi connectivity index (χ0) is 21.1. The van der Waals surface area contributed by atoms with E-state index in [-0.39, 0.29) is 11.3 Å². The molecule has 2 fully saturated rings. The molecule has 4 heteroatoms. The van der Waals surface area contributed by atoms with Gasteiger partial charge in [-0.25, -0.2) is 0 Å². The molecule has 1 N–H and O–H groups in total. The van der Waals surface area contributed by atoms with Gasteiger partial charge >= 0.3 is 0 Å². The van der Waals surface area contributed by atoms with Crippen molar-refractivity contribution in [1.29, 1.82) is 0 Å². The third kappa shape index (κ3) is 5.08. The van der Waals surface area contributed by atoms with Crippen molar-refractivity contribution in [3.8, 4) is 11.3 Å². The number of carbonyl (C=O) groups is 1. The average Bonchev–Trinajstić information content (AvgIpc) is 3.20. The van der Waals surface area contributed by atoms with E-state index >= 15 is 0 Å². The molecule has 1 atom stereocenters. The summed E-state index contributed by atoms with van der Waals surface area (Å²) in [7, 11) is 0. The van der Waals surface area contributed by atoms with Crippen molar-refractivity contribution in [3.05, 3.63) is 36.1 Å². The maximum absolute atomic E-state index is 12.3. The minimum absolute atomic E-state index is 0.189. The van der Waals surface area contributed by atoms with E-state index in [2.05, 4.69) is 28.4 Å². The van der Waals surface area contributed by atoms with Crippen LogP contribution in [-0.4, -0.2) is 29.9 Å². The number of likely N-dealkylation sites (tertiary alicyclic amines) is 1. The van der Waals surface area contributed by atoms with Gasteiger partial charge < -0.3 is 9.73 Å². The van der Waals surface area contributed by atoms with Crippen LogP contribution in [0.3, 0.4) is 0 Å². The van der Waals surface area contributed by atoms with Gasteiger partial charge in [0.05, 0.1) is 6.26 Å². The second kappa shape index (κ2) is 9.13. The molecule has 164 valence electrons. The predicted molar refractivity (Wildman–Crippen MR) is 121 cm³/mol. The Morgan fingerprint density at radius 3 is 2.70 bits per heavy atom. The highest BCUT2D eigenvalue weighted by atomic mass is 16.3. The molecule has 2 aliphatic heterocycles. The van der Waals surface area contributed by atoms with Gasteiger partial charge in [-0.1, -0.05) is 39.3 Å². The van der Waals surface area contributed by atoms with Gasteiger partial charge in [0.15, 0.2) is 0 Å². The first-order valence-corrected chi connectivity index (χ1v) is 11.9. The van der Waals surface area contributed by atoms with Crippen LogP contribution in [0.15, 0.2) is 34.9 Å². The number of amides is 1. The highest BCUT2D eigenvalue weighted by Crippen LogP contribution is 2.36. The van der Waals surface area contributed by atoms with Gasteiger partial charge in [-0.05, 0) is 76.1 Å². The monoisotopic (exact) mass is 410 g/mol. The lowest BCUT2D eigenvalue weighted by Gasteiger charge is -2.38. The Kier molecular flexibility index (Phi) is 6.52. The second-order valence-electron chi connectivity index (χ2n) is 10.5. The van der Waals surface area contributed by atoms with Crippen LogP contribution in [0.5, 0.6) is 0 Å². The van der Waals surface area contributed by atoms with Gasteiger partial charge in [-0.2, -0.15) is 0 Å². The van der Waals surface area contributed by atoms with Gasteiger partial charge in [0.2, 0.25) is 5.91 Å². The van der Waals surface area contributed by atoms with Crippen molar-refractivity contribution < 1.29 is 9.21 Å². The molecule has 1 saturated carbocycles. The van der Waals surface area contributed by atoms with Crippen LogP contribution in [0.2, 0.25) is 0 Å². The van der Waals surface area contributed by atoms with Crippen LogP contribution < -0.4 is 5.32 Å². The largest absolute Gasteiger partial charge is 0.464 e. The fourth-order valence-corrected chi connectivity index (χ4v) is 5.15. The molecule has 0 radical (unpaired) electrons.